The van der Waals surface area contributed by atoms with Crippen molar-refractivity contribution in [3.05, 3.63) is 24.3 Å². The molecule has 19 heavy (non-hydrogen) atoms. The van der Waals surface area contributed by atoms with E-state index in [1.165, 1.54) is 24.3 Å². The molecule has 1 unspecified atom stereocenters. The molecule has 1 saturated heterocycles. The highest BCUT2D eigenvalue weighted by molar-refractivity contribution is 7.89. The number of aromatic hydroxyl groups is 1. The lowest BCUT2D eigenvalue weighted by Gasteiger charge is -2.30. The third-order valence-electron chi connectivity index (χ3n) is 2.99. The van der Waals surface area contributed by atoms with E-state index in [9.17, 15) is 8.42 Å². The van der Waals surface area contributed by atoms with E-state index in [1.807, 2.05) is 7.05 Å². The van der Waals surface area contributed by atoms with Gasteiger partial charge in [0.15, 0.2) is 0 Å². The van der Waals surface area contributed by atoms with Gasteiger partial charge in [0.25, 0.3) is 0 Å². The highest BCUT2D eigenvalue weighted by Crippen LogP contribution is 2.14. The molecule has 1 aromatic rings. The summed E-state index contributed by atoms with van der Waals surface area (Å²) in [5.41, 5.74) is 0. The molecular weight excluding hydrogens is 268 g/mol. The molecule has 2 rings (SSSR count). The number of nitrogens with one attached hydrogen (secondary N) is 1. The van der Waals surface area contributed by atoms with Crippen LogP contribution in [0.15, 0.2) is 29.2 Å². The zero-order valence-corrected chi connectivity index (χ0v) is 11.6. The molecular formula is C12H18N2O4S. The number of nitrogens with zero attached hydrogens (tertiary/aromatic N) is 1. The summed E-state index contributed by atoms with van der Waals surface area (Å²) in [6.07, 6.45) is -0.134. The maximum absolute atomic E-state index is 12.0. The molecule has 0 aromatic heterocycles. The number of phenolic OH excluding ortho intramolecular Hbond substituents is 1. The van der Waals surface area contributed by atoms with Gasteiger partial charge < -0.3 is 14.7 Å². The summed E-state index contributed by atoms with van der Waals surface area (Å²) in [4.78, 5) is 2.23. The number of hydrogen-bond donors (Lipinski definition) is 2. The van der Waals surface area contributed by atoms with Crippen LogP contribution in [-0.4, -0.2) is 57.8 Å². The smallest absolute Gasteiger partial charge is 0.240 e. The van der Waals surface area contributed by atoms with Crippen LogP contribution in [-0.2, 0) is 14.8 Å². The Labute approximate surface area is 113 Å². The van der Waals surface area contributed by atoms with Crippen molar-refractivity contribution in [1.82, 2.24) is 9.62 Å². The molecule has 7 heteroatoms. The fourth-order valence-corrected chi connectivity index (χ4v) is 2.97. The first kappa shape index (κ1) is 14.3. The molecule has 0 aliphatic carbocycles. The Hall–Kier alpha value is -1.15. The van der Waals surface area contributed by atoms with Crippen molar-refractivity contribution < 1.29 is 18.3 Å². The normalized spacial score (nSPS) is 21.4. The van der Waals surface area contributed by atoms with Crippen molar-refractivity contribution in [2.24, 2.45) is 0 Å². The lowest BCUT2D eigenvalue weighted by molar-refractivity contribution is -0.0156. The molecule has 0 amide bonds. The molecule has 1 atom stereocenters. The Morgan fingerprint density at radius 3 is 2.74 bits per heavy atom. The van der Waals surface area contributed by atoms with Gasteiger partial charge in [0.05, 0.1) is 17.6 Å². The van der Waals surface area contributed by atoms with E-state index in [-0.39, 0.29) is 23.3 Å². The second-order valence-corrected chi connectivity index (χ2v) is 6.37. The minimum Gasteiger partial charge on any atom is -0.508 e. The first-order valence-corrected chi connectivity index (χ1v) is 7.54. The maximum atomic E-state index is 12.0. The number of morpholine rings is 1. The van der Waals surface area contributed by atoms with Crippen molar-refractivity contribution in [3.63, 3.8) is 0 Å². The molecule has 1 aliphatic heterocycles. The van der Waals surface area contributed by atoms with E-state index in [1.54, 1.807) is 0 Å². The fourth-order valence-electron chi connectivity index (χ4n) is 1.90. The largest absolute Gasteiger partial charge is 0.508 e. The van der Waals surface area contributed by atoms with E-state index in [2.05, 4.69) is 9.62 Å². The first-order valence-electron chi connectivity index (χ1n) is 6.06. The number of benzene rings is 1. The van der Waals surface area contributed by atoms with Gasteiger partial charge in [0.2, 0.25) is 10.0 Å². The minimum atomic E-state index is -3.55. The highest BCUT2D eigenvalue weighted by atomic mass is 32.2. The van der Waals surface area contributed by atoms with Crippen LogP contribution < -0.4 is 4.72 Å². The van der Waals surface area contributed by atoms with E-state index in [0.29, 0.717) is 13.2 Å². The van der Waals surface area contributed by atoms with Gasteiger partial charge in [-0.3, -0.25) is 0 Å². The third kappa shape index (κ3) is 3.90. The van der Waals surface area contributed by atoms with Gasteiger partial charge in [-0.25, -0.2) is 13.1 Å². The van der Waals surface area contributed by atoms with Gasteiger partial charge in [0, 0.05) is 19.6 Å². The molecule has 106 valence electrons. The Morgan fingerprint density at radius 2 is 2.11 bits per heavy atom. The van der Waals surface area contributed by atoms with Gasteiger partial charge in [-0.15, -0.1) is 0 Å². The van der Waals surface area contributed by atoms with E-state index >= 15 is 0 Å². The minimum absolute atomic E-state index is 0.0381. The van der Waals surface area contributed by atoms with Gasteiger partial charge in [-0.2, -0.15) is 0 Å². The third-order valence-corrected chi connectivity index (χ3v) is 4.43. The summed E-state index contributed by atoms with van der Waals surface area (Å²) in [6.45, 7) is 2.43. The summed E-state index contributed by atoms with van der Waals surface area (Å²) in [6, 6.07) is 5.43. The highest BCUT2D eigenvalue weighted by Gasteiger charge is 2.21. The van der Waals surface area contributed by atoms with Crippen LogP contribution in [0.5, 0.6) is 5.75 Å². The summed E-state index contributed by atoms with van der Waals surface area (Å²) in [5, 5.41) is 9.14. The van der Waals surface area contributed by atoms with Crippen LogP contribution in [0.25, 0.3) is 0 Å². The van der Waals surface area contributed by atoms with Gasteiger partial charge in [-0.05, 0) is 31.3 Å². The molecule has 1 fully saturated rings. The zero-order valence-electron chi connectivity index (χ0n) is 10.7. The zero-order chi connectivity index (χ0) is 13.9. The number of hydrogen-bond acceptors (Lipinski definition) is 5. The molecule has 0 radical (unpaired) electrons. The average Bonchev–Trinajstić information content (AvgIpc) is 2.37. The number of sulfonamides is 1. The Kier molecular flexibility index (Phi) is 4.41. The van der Waals surface area contributed by atoms with Gasteiger partial charge in [0.1, 0.15) is 5.75 Å². The molecule has 0 bridgehead atoms. The molecule has 1 heterocycles. The molecule has 1 aromatic carbocycles. The molecule has 0 spiro atoms. The predicted molar refractivity (Wildman–Crippen MR) is 70.5 cm³/mol. The number of ether oxygens (including phenoxy) is 1. The second-order valence-electron chi connectivity index (χ2n) is 4.60. The standard InChI is InChI=1S/C12H18N2O4S/c1-14-6-7-18-11(9-14)8-13-19(16,17)12-4-2-10(15)3-5-12/h2-5,11,13,15H,6-9H2,1H3. The predicted octanol–water partition coefficient (Wildman–Crippen LogP) is 0.00110. The van der Waals surface area contributed by atoms with E-state index in [0.717, 1.165) is 6.54 Å². The summed E-state index contributed by atoms with van der Waals surface area (Å²) < 4.78 is 32.0. The van der Waals surface area contributed by atoms with Crippen LogP contribution in [0, 0.1) is 0 Å². The van der Waals surface area contributed by atoms with Gasteiger partial charge >= 0.3 is 0 Å². The quantitative estimate of drug-likeness (QED) is 0.814. The van der Waals surface area contributed by atoms with Crippen molar-refractivity contribution in [1.29, 1.82) is 0 Å². The monoisotopic (exact) mass is 286 g/mol. The lowest BCUT2D eigenvalue weighted by Crippen LogP contribution is -2.45. The van der Waals surface area contributed by atoms with Crippen molar-refractivity contribution in [3.8, 4) is 5.75 Å². The van der Waals surface area contributed by atoms with Crippen LogP contribution in [0.3, 0.4) is 0 Å². The van der Waals surface area contributed by atoms with Crippen LogP contribution >= 0.6 is 0 Å². The Bertz CT molecular complexity index is 515. The van der Waals surface area contributed by atoms with Crippen LogP contribution in [0.1, 0.15) is 0 Å². The Morgan fingerprint density at radius 1 is 1.42 bits per heavy atom. The lowest BCUT2D eigenvalue weighted by atomic mass is 10.3. The average molecular weight is 286 g/mol. The topological polar surface area (TPSA) is 78.9 Å². The van der Waals surface area contributed by atoms with Crippen molar-refractivity contribution in [2.75, 3.05) is 33.3 Å². The molecule has 1 aliphatic rings. The van der Waals surface area contributed by atoms with E-state index < -0.39 is 10.0 Å². The summed E-state index contributed by atoms with van der Waals surface area (Å²) >= 11 is 0. The fraction of sp³-hybridized carbons (Fsp3) is 0.500. The van der Waals surface area contributed by atoms with Gasteiger partial charge in [-0.1, -0.05) is 0 Å². The molecule has 2 N–H and O–H groups in total. The number of rotatable bonds is 4. The number of phenols is 1. The van der Waals surface area contributed by atoms with Crippen LogP contribution in [0.2, 0.25) is 0 Å². The molecule has 6 nitrogen and oxygen atoms in total. The summed E-state index contributed by atoms with van der Waals surface area (Å²) in [5.74, 6) is 0.0381. The Balaban J connectivity index is 1.96. The molecule has 0 saturated carbocycles. The maximum Gasteiger partial charge on any atom is 0.240 e. The second kappa shape index (κ2) is 5.87. The van der Waals surface area contributed by atoms with E-state index in [4.69, 9.17) is 9.84 Å². The summed E-state index contributed by atoms with van der Waals surface area (Å²) in [7, 11) is -1.58. The van der Waals surface area contributed by atoms with Crippen molar-refractivity contribution in [2.45, 2.75) is 11.0 Å². The SMILES string of the molecule is CN1CCOC(CNS(=O)(=O)c2ccc(O)cc2)C1. The first-order chi connectivity index (χ1) is 8.97. The number of likely N-dealkylation sites (N-methyl/N-ethyl adjacent to an activating group) is 1. The van der Waals surface area contributed by atoms with Crippen molar-refractivity contribution >= 4 is 10.0 Å². The van der Waals surface area contributed by atoms with Crippen LogP contribution in [0.4, 0.5) is 0 Å².